The number of hydrogen-bond donors (Lipinski definition) is 1. The average Bonchev–Trinajstić information content (AvgIpc) is 2.29. The van der Waals surface area contributed by atoms with Gasteiger partial charge in [-0.05, 0) is 40.8 Å². The molecule has 1 aromatic rings. The molecule has 2 N–H and O–H groups in total. The highest BCUT2D eigenvalue weighted by Gasteiger charge is 2.22. The molecule has 0 radical (unpaired) electrons. The second kappa shape index (κ2) is 5.69. The lowest BCUT2D eigenvalue weighted by atomic mass is 9.99. The summed E-state index contributed by atoms with van der Waals surface area (Å²) in [6, 6.07) is 1.91. The zero-order chi connectivity index (χ0) is 12.3. The maximum Gasteiger partial charge on any atom is 0.143 e. The van der Waals surface area contributed by atoms with Gasteiger partial charge in [0.15, 0.2) is 0 Å². The van der Waals surface area contributed by atoms with E-state index in [9.17, 15) is 0 Å². The number of hydrogen-bond acceptors (Lipinski definition) is 4. The number of aromatic nitrogens is 1. The van der Waals surface area contributed by atoms with Gasteiger partial charge in [0, 0.05) is 20.2 Å². The average molecular weight is 300 g/mol. The molecule has 0 bridgehead atoms. The van der Waals surface area contributed by atoms with Crippen molar-refractivity contribution in [3.8, 4) is 0 Å². The van der Waals surface area contributed by atoms with Gasteiger partial charge in [-0.15, -0.1) is 0 Å². The van der Waals surface area contributed by atoms with Crippen LogP contribution in [-0.4, -0.2) is 31.8 Å². The number of nitrogen functional groups attached to an aromatic ring is 1. The molecule has 4 nitrogen and oxygen atoms in total. The Balaban J connectivity index is 2.10. The zero-order valence-corrected chi connectivity index (χ0v) is 11.6. The molecule has 17 heavy (non-hydrogen) atoms. The molecule has 2 rings (SSSR count). The van der Waals surface area contributed by atoms with E-state index in [-0.39, 0.29) is 0 Å². The summed E-state index contributed by atoms with van der Waals surface area (Å²) in [5.41, 5.74) is 6.39. The minimum Gasteiger partial charge on any atom is -0.397 e. The van der Waals surface area contributed by atoms with Gasteiger partial charge in [-0.25, -0.2) is 4.98 Å². The lowest BCUT2D eigenvalue weighted by Gasteiger charge is -2.33. The van der Waals surface area contributed by atoms with E-state index in [0.29, 0.717) is 11.6 Å². The van der Waals surface area contributed by atoms with Gasteiger partial charge in [0.1, 0.15) is 5.82 Å². The normalized spacial score (nSPS) is 20.6. The van der Waals surface area contributed by atoms with Crippen molar-refractivity contribution in [3.63, 3.8) is 0 Å². The Morgan fingerprint density at radius 1 is 1.65 bits per heavy atom. The molecule has 0 amide bonds. The summed E-state index contributed by atoms with van der Waals surface area (Å²) in [6.45, 7) is 2.88. The molecule has 0 aliphatic carbocycles. The number of anilines is 2. The Bertz CT molecular complexity index is 384. The molecule has 1 fully saturated rings. The Labute approximate surface area is 110 Å². The highest BCUT2D eigenvalue weighted by atomic mass is 79.9. The van der Waals surface area contributed by atoms with Crippen LogP contribution >= 0.6 is 15.9 Å². The van der Waals surface area contributed by atoms with Crippen molar-refractivity contribution in [1.82, 2.24) is 4.98 Å². The predicted molar refractivity (Wildman–Crippen MR) is 73.2 cm³/mol. The Morgan fingerprint density at radius 3 is 3.18 bits per heavy atom. The second-order valence-electron chi connectivity index (χ2n) is 4.48. The Morgan fingerprint density at radius 2 is 2.47 bits per heavy atom. The van der Waals surface area contributed by atoms with Gasteiger partial charge in [0.2, 0.25) is 0 Å². The molecule has 0 spiro atoms. The van der Waals surface area contributed by atoms with Gasteiger partial charge in [-0.3, -0.25) is 0 Å². The molecule has 1 aliphatic rings. The van der Waals surface area contributed by atoms with Crippen LogP contribution in [0.15, 0.2) is 16.7 Å². The first-order valence-corrected chi connectivity index (χ1v) is 6.65. The second-order valence-corrected chi connectivity index (χ2v) is 5.34. The minimum absolute atomic E-state index is 0.597. The molecule has 0 saturated carbocycles. The van der Waals surface area contributed by atoms with Crippen LogP contribution in [0.1, 0.15) is 12.8 Å². The SMILES string of the molecule is COCC1CCCN(c2ncc(N)cc2Br)C1. The number of nitrogens with zero attached hydrogens (tertiary/aromatic N) is 2. The van der Waals surface area contributed by atoms with Crippen molar-refractivity contribution < 1.29 is 4.74 Å². The summed E-state index contributed by atoms with van der Waals surface area (Å²) in [7, 11) is 1.76. The van der Waals surface area contributed by atoms with Crippen LogP contribution in [0.3, 0.4) is 0 Å². The van der Waals surface area contributed by atoms with E-state index < -0.39 is 0 Å². The zero-order valence-electron chi connectivity index (χ0n) is 10.0. The summed E-state index contributed by atoms with van der Waals surface area (Å²) in [6.07, 6.45) is 4.13. The number of piperidine rings is 1. The smallest absolute Gasteiger partial charge is 0.143 e. The third-order valence-electron chi connectivity index (χ3n) is 3.06. The van der Waals surface area contributed by atoms with E-state index in [1.54, 1.807) is 13.3 Å². The van der Waals surface area contributed by atoms with Crippen LogP contribution in [0.2, 0.25) is 0 Å². The molecular weight excluding hydrogens is 282 g/mol. The van der Waals surface area contributed by atoms with Gasteiger partial charge >= 0.3 is 0 Å². The maximum atomic E-state index is 5.70. The predicted octanol–water partition coefficient (Wildman–Crippen LogP) is 2.29. The van der Waals surface area contributed by atoms with Crippen molar-refractivity contribution in [1.29, 1.82) is 0 Å². The fourth-order valence-corrected chi connectivity index (χ4v) is 2.92. The molecular formula is C12H18BrN3O. The molecule has 1 aromatic heterocycles. The van der Waals surface area contributed by atoms with Gasteiger partial charge in [0.05, 0.1) is 23.0 Å². The number of halogens is 1. The van der Waals surface area contributed by atoms with E-state index >= 15 is 0 Å². The number of methoxy groups -OCH3 is 1. The third-order valence-corrected chi connectivity index (χ3v) is 3.65. The first kappa shape index (κ1) is 12.6. The topological polar surface area (TPSA) is 51.4 Å². The maximum absolute atomic E-state index is 5.70. The quantitative estimate of drug-likeness (QED) is 0.930. The van der Waals surface area contributed by atoms with Crippen molar-refractivity contribution in [2.45, 2.75) is 12.8 Å². The van der Waals surface area contributed by atoms with Crippen molar-refractivity contribution in [2.24, 2.45) is 5.92 Å². The van der Waals surface area contributed by atoms with E-state index in [1.807, 2.05) is 6.07 Å². The number of pyridine rings is 1. The summed E-state index contributed by atoms with van der Waals surface area (Å²) in [5, 5.41) is 0. The minimum atomic E-state index is 0.597. The van der Waals surface area contributed by atoms with Crippen LogP contribution in [0.25, 0.3) is 0 Å². The molecule has 5 heteroatoms. The largest absolute Gasteiger partial charge is 0.397 e. The Hall–Kier alpha value is -0.810. The summed E-state index contributed by atoms with van der Waals surface area (Å²) in [5.74, 6) is 1.58. The van der Waals surface area contributed by atoms with Gasteiger partial charge in [-0.2, -0.15) is 0 Å². The standard InChI is InChI=1S/C12H18BrN3O/c1-17-8-9-3-2-4-16(7-9)12-11(13)5-10(14)6-15-12/h5-6,9H,2-4,7-8,14H2,1H3. The number of rotatable bonds is 3. The lowest BCUT2D eigenvalue weighted by Crippen LogP contribution is -2.37. The molecule has 0 aromatic carbocycles. The molecule has 1 aliphatic heterocycles. The highest BCUT2D eigenvalue weighted by molar-refractivity contribution is 9.10. The van der Waals surface area contributed by atoms with Crippen molar-refractivity contribution >= 4 is 27.4 Å². The van der Waals surface area contributed by atoms with Crippen LogP contribution in [0, 0.1) is 5.92 Å². The summed E-state index contributed by atoms with van der Waals surface area (Å²) >= 11 is 3.53. The molecule has 2 heterocycles. The van der Waals surface area contributed by atoms with Gasteiger partial charge in [0.25, 0.3) is 0 Å². The van der Waals surface area contributed by atoms with E-state index in [1.165, 1.54) is 12.8 Å². The summed E-state index contributed by atoms with van der Waals surface area (Å²) in [4.78, 5) is 6.71. The first-order chi connectivity index (χ1) is 8.20. The Kier molecular flexibility index (Phi) is 4.23. The van der Waals surface area contributed by atoms with E-state index in [2.05, 4.69) is 25.8 Å². The van der Waals surface area contributed by atoms with Gasteiger partial charge in [-0.1, -0.05) is 0 Å². The highest BCUT2D eigenvalue weighted by Crippen LogP contribution is 2.29. The third kappa shape index (κ3) is 3.10. The van der Waals surface area contributed by atoms with Crippen LogP contribution in [-0.2, 0) is 4.74 Å². The monoisotopic (exact) mass is 299 g/mol. The lowest BCUT2D eigenvalue weighted by molar-refractivity contribution is 0.143. The first-order valence-electron chi connectivity index (χ1n) is 5.85. The van der Waals surface area contributed by atoms with Crippen molar-refractivity contribution in [3.05, 3.63) is 16.7 Å². The van der Waals surface area contributed by atoms with Gasteiger partial charge < -0.3 is 15.4 Å². The summed E-state index contributed by atoms with van der Waals surface area (Å²) < 4.78 is 6.20. The van der Waals surface area contributed by atoms with Crippen molar-refractivity contribution in [2.75, 3.05) is 37.4 Å². The van der Waals surface area contributed by atoms with Crippen LogP contribution in [0.5, 0.6) is 0 Å². The molecule has 1 atom stereocenters. The molecule has 1 unspecified atom stereocenters. The van der Waals surface area contributed by atoms with E-state index in [4.69, 9.17) is 10.5 Å². The molecule has 94 valence electrons. The fourth-order valence-electron chi connectivity index (χ4n) is 2.31. The van der Waals surface area contributed by atoms with Crippen LogP contribution < -0.4 is 10.6 Å². The fraction of sp³-hybridized carbons (Fsp3) is 0.583. The molecule has 1 saturated heterocycles. The van der Waals surface area contributed by atoms with Crippen LogP contribution in [0.4, 0.5) is 11.5 Å². The van der Waals surface area contributed by atoms with E-state index in [0.717, 1.165) is 30.0 Å². The number of nitrogens with two attached hydrogens (primary N) is 1. The number of ether oxygens (including phenoxy) is 1.